The molecule has 0 saturated carbocycles. The molecule has 0 aliphatic rings. The molecule has 0 aromatic heterocycles. The average molecular weight is 394 g/mol. The van der Waals surface area contributed by atoms with E-state index < -0.39 is 32.9 Å². The molecule has 0 heterocycles. The van der Waals surface area contributed by atoms with E-state index >= 15 is 0 Å². The number of benzene rings is 1. The van der Waals surface area contributed by atoms with Gasteiger partial charge in [-0.1, -0.05) is 25.4 Å². The molecule has 0 spiro atoms. The van der Waals surface area contributed by atoms with Crippen LogP contribution in [-0.2, 0) is 19.6 Å². The Morgan fingerprint density at radius 3 is 2.32 bits per heavy atom. The van der Waals surface area contributed by atoms with Gasteiger partial charge in [0.2, 0.25) is 10.0 Å². The predicted octanol–water partition coefficient (Wildman–Crippen LogP) is 1.91. The average Bonchev–Trinajstić information content (AvgIpc) is 2.51. The Hall–Kier alpha value is -1.84. The van der Waals surface area contributed by atoms with E-state index in [1.54, 1.807) is 13.8 Å². The number of hydrogen-bond acceptors (Lipinski definition) is 6. The van der Waals surface area contributed by atoms with Crippen molar-refractivity contribution in [1.29, 1.82) is 0 Å². The number of carbonyl (C=O) groups excluding carboxylic acids is 1. The van der Waals surface area contributed by atoms with Gasteiger partial charge in [-0.2, -0.15) is 4.72 Å². The van der Waals surface area contributed by atoms with Gasteiger partial charge < -0.3 is 14.6 Å². The fourth-order valence-electron chi connectivity index (χ4n) is 2.16. The SMILES string of the molecule is COC(=O)c1cc(Cl)cc(S(=O)(=O)N[C@@H](CC(C)C)C(=O)O)c1OC. The van der Waals surface area contributed by atoms with Crippen molar-refractivity contribution in [3.8, 4) is 5.75 Å². The zero-order chi connectivity index (χ0) is 19.4. The third-order valence-electron chi connectivity index (χ3n) is 3.22. The fraction of sp³-hybridized carbons (Fsp3) is 0.467. The van der Waals surface area contributed by atoms with Crippen molar-refractivity contribution in [3.63, 3.8) is 0 Å². The molecule has 0 radical (unpaired) electrons. The maximum absolute atomic E-state index is 12.7. The molecule has 0 unspecified atom stereocenters. The van der Waals surface area contributed by atoms with Crippen LogP contribution < -0.4 is 9.46 Å². The number of hydrogen-bond donors (Lipinski definition) is 2. The number of halogens is 1. The lowest BCUT2D eigenvalue weighted by molar-refractivity contribution is -0.139. The summed E-state index contributed by atoms with van der Waals surface area (Å²) in [7, 11) is -2.03. The maximum atomic E-state index is 12.7. The molecule has 1 atom stereocenters. The highest BCUT2D eigenvalue weighted by molar-refractivity contribution is 7.89. The van der Waals surface area contributed by atoms with E-state index in [2.05, 4.69) is 9.46 Å². The number of carboxylic acid groups (broad SMARTS) is 1. The molecule has 8 nitrogen and oxygen atoms in total. The van der Waals surface area contributed by atoms with Crippen LogP contribution in [0.25, 0.3) is 0 Å². The number of ether oxygens (including phenoxy) is 2. The van der Waals surface area contributed by atoms with Gasteiger partial charge >= 0.3 is 11.9 Å². The minimum absolute atomic E-state index is 0.0442. The summed E-state index contributed by atoms with van der Waals surface area (Å²) in [6, 6.07) is 0.938. The van der Waals surface area contributed by atoms with Crippen molar-refractivity contribution < 1.29 is 32.6 Å². The zero-order valence-corrected chi connectivity index (χ0v) is 15.8. The summed E-state index contributed by atoms with van der Waals surface area (Å²) in [4.78, 5) is 22.7. The van der Waals surface area contributed by atoms with Crippen LogP contribution in [0.1, 0.15) is 30.6 Å². The van der Waals surface area contributed by atoms with Crippen LogP contribution in [0.3, 0.4) is 0 Å². The molecule has 140 valence electrons. The minimum atomic E-state index is -4.33. The number of carbonyl (C=O) groups is 2. The highest BCUT2D eigenvalue weighted by atomic mass is 35.5. The molecule has 10 heteroatoms. The molecule has 25 heavy (non-hydrogen) atoms. The summed E-state index contributed by atoms with van der Waals surface area (Å²) in [6.07, 6.45) is 0.0846. The zero-order valence-electron chi connectivity index (χ0n) is 14.2. The topological polar surface area (TPSA) is 119 Å². The van der Waals surface area contributed by atoms with E-state index in [4.69, 9.17) is 16.3 Å². The maximum Gasteiger partial charge on any atom is 0.341 e. The number of nitrogens with one attached hydrogen (secondary N) is 1. The third kappa shape index (κ3) is 5.32. The number of carboxylic acids is 1. The van der Waals surface area contributed by atoms with Gasteiger partial charge in [-0.3, -0.25) is 4.79 Å². The van der Waals surface area contributed by atoms with Gasteiger partial charge in [-0.15, -0.1) is 0 Å². The molecule has 1 rings (SSSR count). The van der Waals surface area contributed by atoms with E-state index in [0.717, 1.165) is 13.2 Å². The Morgan fingerprint density at radius 2 is 1.88 bits per heavy atom. The van der Waals surface area contributed by atoms with Crippen LogP contribution >= 0.6 is 11.6 Å². The first-order chi connectivity index (χ1) is 11.5. The lowest BCUT2D eigenvalue weighted by atomic mass is 10.1. The van der Waals surface area contributed by atoms with Crippen molar-refractivity contribution in [2.24, 2.45) is 5.92 Å². The van der Waals surface area contributed by atoms with Crippen molar-refractivity contribution >= 4 is 33.6 Å². The normalized spacial score (nSPS) is 12.7. The van der Waals surface area contributed by atoms with E-state index in [-0.39, 0.29) is 28.7 Å². The van der Waals surface area contributed by atoms with Crippen LogP contribution in [0.15, 0.2) is 17.0 Å². The van der Waals surface area contributed by atoms with Crippen LogP contribution in [0, 0.1) is 5.92 Å². The molecule has 2 N–H and O–H groups in total. The Bertz CT molecular complexity index is 761. The van der Waals surface area contributed by atoms with E-state index in [1.807, 2.05) is 0 Å². The van der Waals surface area contributed by atoms with E-state index in [1.165, 1.54) is 13.2 Å². The second kappa shape index (κ2) is 8.50. The van der Waals surface area contributed by atoms with Crippen molar-refractivity contribution in [1.82, 2.24) is 4.72 Å². The van der Waals surface area contributed by atoms with E-state index in [0.29, 0.717) is 0 Å². The molecule has 0 amide bonds. The second-order valence-corrected chi connectivity index (χ2v) is 7.74. The summed E-state index contributed by atoms with van der Waals surface area (Å²) in [5, 5.41) is 9.19. The van der Waals surface area contributed by atoms with Gasteiger partial charge in [0.15, 0.2) is 5.75 Å². The summed E-state index contributed by atoms with van der Waals surface area (Å²) < 4.78 is 37.0. The summed E-state index contributed by atoms with van der Waals surface area (Å²) in [5.41, 5.74) is -0.186. The van der Waals surface area contributed by atoms with Crippen LogP contribution in [0.5, 0.6) is 5.75 Å². The number of methoxy groups -OCH3 is 2. The van der Waals surface area contributed by atoms with Gasteiger partial charge in [0.25, 0.3) is 0 Å². The molecule has 1 aromatic rings. The quantitative estimate of drug-likeness (QED) is 0.647. The standard InChI is InChI=1S/C15H20ClNO7S/c1-8(2)5-11(14(18)19)17-25(21,22)12-7-9(16)6-10(13(12)23-3)15(20)24-4/h6-8,11,17H,5H2,1-4H3,(H,18,19)/t11-/m0/s1. The minimum Gasteiger partial charge on any atom is -0.494 e. The monoisotopic (exact) mass is 393 g/mol. The third-order valence-corrected chi connectivity index (χ3v) is 4.92. The Labute approximate surface area is 151 Å². The van der Waals surface area contributed by atoms with Gasteiger partial charge in [0.1, 0.15) is 16.5 Å². The summed E-state index contributed by atoms with van der Waals surface area (Å²) >= 11 is 5.90. The Morgan fingerprint density at radius 1 is 1.28 bits per heavy atom. The number of aliphatic carboxylic acids is 1. The molecule has 0 fully saturated rings. The van der Waals surface area contributed by atoms with Crippen LogP contribution in [-0.4, -0.2) is 45.7 Å². The van der Waals surface area contributed by atoms with Gasteiger partial charge in [0.05, 0.1) is 14.2 Å². The second-order valence-electron chi connectivity index (χ2n) is 5.62. The first kappa shape index (κ1) is 21.2. The van der Waals surface area contributed by atoms with Crippen molar-refractivity contribution in [2.75, 3.05) is 14.2 Å². The Kier molecular flexibility index (Phi) is 7.21. The highest BCUT2D eigenvalue weighted by Crippen LogP contribution is 2.32. The van der Waals surface area contributed by atoms with Gasteiger partial charge in [-0.25, -0.2) is 13.2 Å². The number of esters is 1. The number of sulfonamides is 1. The molecule has 0 aliphatic heterocycles. The van der Waals surface area contributed by atoms with E-state index in [9.17, 15) is 23.1 Å². The van der Waals surface area contributed by atoms with Crippen molar-refractivity contribution in [2.45, 2.75) is 31.2 Å². The first-order valence-electron chi connectivity index (χ1n) is 7.24. The lowest BCUT2D eigenvalue weighted by Crippen LogP contribution is -2.41. The molecule has 0 bridgehead atoms. The predicted molar refractivity (Wildman–Crippen MR) is 90.5 cm³/mol. The van der Waals surface area contributed by atoms with Crippen LogP contribution in [0.2, 0.25) is 5.02 Å². The number of rotatable bonds is 8. The highest BCUT2D eigenvalue weighted by Gasteiger charge is 2.31. The van der Waals surface area contributed by atoms with Gasteiger partial charge in [0, 0.05) is 5.02 Å². The first-order valence-corrected chi connectivity index (χ1v) is 9.10. The molecule has 0 saturated heterocycles. The van der Waals surface area contributed by atoms with Crippen LogP contribution in [0.4, 0.5) is 0 Å². The molecule has 1 aromatic carbocycles. The lowest BCUT2D eigenvalue weighted by Gasteiger charge is -2.19. The summed E-state index contributed by atoms with van der Waals surface area (Å²) in [5.74, 6) is -2.49. The molecular formula is C15H20ClNO7S. The molecular weight excluding hydrogens is 374 g/mol. The molecule has 0 aliphatic carbocycles. The van der Waals surface area contributed by atoms with Gasteiger partial charge in [-0.05, 0) is 24.5 Å². The largest absolute Gasteiger partial charge is 0.494 e. The summed E-state index contributed by atoms with van der Waals surface area (Å²) in [6.45, 7) is 3.53. The Balaban J connectivity index is 3.44. The fourth-order valence-corrected chi connectivity index (χ4v) is 3.86. The smallest absolute Gasteiger partial charge is 0.341 e. The van der Waals surface area contributed by atoms with Crippen molar-refractivity contribution in [3.05, 3.63) is 22.7 Å².